The van der Waals surface area contributed by atoms with E-state index in [9.17, 15) is 9.90 Å². The first-order valence-corrected chi connectivity index (χ1v) is 16.7. The van der Waals surface area contributed by atoms with Gasteiger partial charge < -0.3 is 23.9 Å². The maximum absolute atomic E-state index is 16.3. The molecule has 0 aliphatic carbocycles. The fourth-order valence-corrected chi connectivity index (χ4v) is 7.17. The van der Waals surface area contributed by atoms with Gasteiger partial charge >= 0.3 is 5.97 Å². The van der Waals surface area contributed by atoms with Gasteiger partial charge in [-0.2, -0.15) is 5.10 Å². The topological polar surface area (TPSA) is 91.0 Å². The molecule has 1 fully saturated rings. The molecule has 9 nitrogen and oxygen atoms in total. The normalized spacial score (nSPS) is 17.7. The second-order valence-corrected chi connectivity index (χ2v) is 12.5. The van der Waals surface area contributed by atoms with Crippen LogP contribution in [0.15, 0.2) is 66.7 Å². The molecule has 2 aliphatic rings. The molecule has 10 heteroatoms. The number of allylic oxidation sites excluding steroid dienone is 1. The summed E-state index contributed by atoms with van der Waals surface area (Å²) in [4.78, 5) is 15.3. The Kier molecular flexibility index (Phi) is 9.30. The van der Waals surface area contributed by atoms with E-state index in [0.717, 1.165) is 47.2 Å². The lowest BCUT2D eigenvalue weighted by molar-refractivity contribution is 0.0176. The van der Waals surface area contributed by atoms with Crippen molar-refractivity contribution in [3.8, 4) is 16.9 Å². The average Bonchev–Trinajstić information content (AvgIpc) is 3.56. The van der Waals surface area contributed by atoms with E-state index in [1.54, 1.807) is 15.3 Å². The quantitative estimate of drug-likeness (QED) is 0.140. The summed E-state index contributed by atoms with van der Waals surface area (Å²) in [6.45, 7) is 6.84. The van der Waals surface area contributed by atoms with Gasteiger partial charge in [0.05, 0.1) is 37.6 Å². The van der Waals surface area contributed by atoms with E-state index < -0.39 is 11.8 Å². The zero-order valence-corrected chi connectivity index (χ0v) is 27.5. The van der Waals surface area contributed by atoms with Crippen LogP contribution < -0.4 is 4.74 Å². The van der Waals surface area contributed by atoms with E-state index in [1.807, 2.05) is 68.6 Å². The van der Waals surface area contributed by atoms with Crippen molar-refractivity contribution in [1.29, 1.82) is 0 Å². The molecule has 0 bridgehead atoms. The highest BCUT2D eigenvalue weighted by molar-refractivity contribution is 6.04. The van der Waals surface area contributed by atoms with Crippen LogP contribution in [0.1, 0.15) is 46.4 Å². The van der Waals surface area contributed by atoms with Gasteiger partial charge in [-0.25, -0.2) is 9.18 Å². The van der Waals surface area contributed by atoms with E-state index in [-0.39, 0.29) is 18.3 Å². The number of benzene rings is 3. The summed E-state index contributed by atoms with van der Waals surface area (Å²) in [6.07, 6.45) is 5.15. The number of hydrogen-bond acceptors (Lipinski definition) is 6. The summed E-state index contributed by atoms with van der Waals surface area (Å²) in [6, 6.07) is 17.2. The van der Waals surface area contributed by atoms with Crippen LogP contribution in [-0.4, -0.2) is 76.4 Å². The van der Waals surface area contributed by atoms with Gasteiger partial charge in [-0.15, -0.1) is 0 Å². The number of hydrogen-bond donors (Lipinski definition) is 1. The number of ether oxygens (including phenoxy) is 3. The van der Waals surface area contributed by atoms with Gasteiger partial charge in [0.25, 0.3) is 0 Å². The number of aromatic carboxylic acids is 1. The fourth-order valence-electron chi connectivity index (χ4n) is 7.17. The second-order valence-electron chi connectivity index (χ2n) is 12.5. The Morgan fingerprint density at radius 3 is 2.69 bits per heavy atom. The highest BCUT2D eigenvalue weighted by Gasteiger charge is 2.31. The van der Waals surface area contributed by atoms with Crippen molar-refractivity contribution in [3.05, 3.63) is 95.2 Å². The minimum Gasteiger partial charge on any atom is -0.493 e. The zero-order chi connectivity index (χ0) is 33.2. The van der Waals surface area contributed by atoms with Crippen LogP contribution in [0.5, 0.6) is 5.75 Å². The first-order chi connectivity index (χ1) is 23.4. The summed E-state index contributed by atoms with van der Waals surface area (Å²) < 4.78 is 38.0. The van der Waals surface area contributed by atoms with Crippen LogP contribution in [0.4, 0.5) is 4.39 Å². The first-order valence-electron chi connectivity index (χ1n) is 16.7. The van der Waals surface area contributed by atoms with Crippen molar-refractivity contribution < 1.29 is 28.5 Å². The molecular weight excluding hydrogens is 611 g/mol. The van der Waals surface area contributed by atoms with E-state index in [4.69, 9.17) is 19.3 Å². The Morgan fingerprint density at radius 1 is 1.04 bits per heavy atom. The fraction of sp³-hybridized carbons (Fsp3) is 0.368. The van der Waals surface area contributed by atoms with Gasteiger partial charge in [0.2, 0.25) is 0 Å². The maximum Gasteiger partial charge on any atom is 0.352 e. The van der Waals surface area contributed by atoms with E-state index in [0.29, 0.717) is 73.6 Å². The number of carboxylic acid groups (broad SMARTS) is 1. The molecule has 3 aromatic carbocycles. The number of halogens is 1. The highest BCUT2D eigenvalue weighted by atomic mass is 19.1. The second kappa shape index (κ2) is 13.9. The van der Waals surface area contributed by atoms with Crippen LogP contribution in [-0.2, 0) is 29.5 Å². The lowest BCUT2D eigenvalue weighted by Crippen LogP contribution is -2.37. The Bertz CT molecular complexity index is 1990. The molecular formula is C38H41FN4O5. The standard InChI is InChI=1S/C38H41FN4O5/c1-25-33-34-30(39)15-14-29-28(12-8-22-47-31-13-7-10-26-9-3-4-11-27(26)31)37(38(44)45)43(36(29)34)17-5-6-21-48-32(35(33)40-41(25)2)16-18-42-19-23-46-24-20-42/h3-7,9-11,13-15,32H,8,12,16-24H2,1-2H3,(H,44,45)/b6-5-. The molecule has 250 valence electrons. The summed E-state index contributed by atoms with van der Waals surface area (Å²) in [5.74, 6) is -0.673. The average molecular weight is 653 g/mol. The molecule has 7 rings (SSSR count). The highest BCUT2D eigenvalue weighted by Crippen LogP contribution is 2.42. The van der Waals surface area contributed by atoms with Gasteiger partial charge in [0.15, 0.2) is 0 Å². The molecule has 5 aromatic rings. The number of aryl methyl sites for hydroxylation is 2. The molecule has 0 amide bonds. The summed E-state index contributed by atoms with van der Waals surface area (Å²) in [7, 11) is 1.86. The largest absolute Gasteiger partial charge is 0.493 e. The van der Waals surface area contributed by atoms with Gasteiger partial charge in [-0.3, -0.25) is 9.58 Å². The van der Waals surface area contributed by atoms with Crippen molar-refractivity contribution >= 4 is 27.6 Å². The molecule has 0 spiro atoms. The van der Waals surface area contributed by atoms with Crippen molar-refractivity contribution in [1.82, 2.24) is 19.2 Å². The number of carbonyl (C=O) groups is 1. The smallest absolute Gasteiger partial charge is 0.352 e. The summed E-state index contributed by atoms with van der Waals surface area (Å²) >= 11 is 0. The molecule has 1 unspecified atom stereocenters. The third kappa shape index (κ3) is 6.11. The number of nitrogens with zero attached hydrogens (tertiary/aromatic N) is 4. The lowest BCUT2D eigenvalue weighted by atomic mass is 9.95. The van der Waals surface area contributed by atoms with E-state index in [2.05, 4.69) is 4.90 Å². The predicted molar refractivity (Wildman–Crippen MR) is 183 cm³/mol. The number of fused-ring (bicyclic) bond motifs is 3. The van der Waals surface area contributed by atoms with Gasteiger partial charge in [0.1, 0.15) is 23.4 Å². The Labute approximate surface area is 279 Å². The molecule has 0 radical (unpaired) electrons. The van der Waals surface area contributed by atoms with Crippen LogP contribution in [0, 0.1) is 12.7 Å². The number of aromatic nitrogens is 3. The molecule has 48 heavy (non-hydrogen) atoms. The van der Waals surface area contributed by atoms with Gasteiger partial charge in [-0.05, 0) is 55.3 Å². The zero-order valence-electron chi connectivity index (χ0n) is 27.5. The number of morpholine rings is 1. The van der Waals surface area contributed by atoms with Crippen molar-refractivity contribution in [3.63, 3.8) is 0 Å². The number of carboxylic acids is 1. The molecule has 0 saturated carbocycles. The molecule has 2 aliphatic heterocycles. The summed E-state index contributed by atoms with van der Waals surface area (Å²) in [5, 5.41) is 18.4. The predicted octanol–water partition coefficient (Wildman–Crippen LogP) is 6.70. The van der Waals surface area contributed by atoms with Crippen LogP contribution >= 0.6 is 0 Å². The number of rotatable bonds is 9. The molecule has 1 N–H and O–H groups in total. The minimum atomic E-state index is -1.05. The third-order valence-electron chi connectivity index (χ3n) is 9.63. The Balaban J connectivity index is 1.28. The van der Waals surface area contributed by atoms with Gasteiger partial charge in [0, 0.05) is 60.8 Å². The monoisotopic (exact) mass is 652 g/mol. The molecule has 2 aromatic heterocycles. The molecule has 1 atom stereocenters. The van der Waals surface area contributed by atoms with Crippen LogP contribution in [0.25, 0.3) is 32.8 Å². The molecule has 4 heterocycles. The minimum absolute atomic E-state index is 0.166. The van der Waals surface area contributed by atoms with Gasteiger partial charge in [-0.1, -0.05) is 48.6 Å². The lowest BCUT2D eigenvalue weighted by Gasteiger charge is -2.28. The Morgan fingerprint density at radius 2 is 1.85 bits per heavy atom. The van der Waals surface area contributed by atoms with E-state index >= 15 is 4.39 Å². The first kappa shape index (κ1) is 32.1. The van der Waals surface area contributed by atoms with Crippen LogP contribution in [0.3, 0.4) is 0 Å². The van der Waals surface area contributed by atoms with Crippen molar-refractivity contribution in [2.45, 2.75) is 38.8 Å². The third-order valence-corrected chi connectivity index (χ3v) is 9.63. The van der Waals surface area contributed by atoms with Crippen LogP contribution in [0.2, 0.25) is 0 Å². The molecule has 1 saturated heterocycles. The van der Waals surface area contributed by atoms with E-state index in [1.165, 1.54) is 6.07 Å². The summed E-state index contributed by atoms with van der Waals surface area (Å²) in [5.41, 5.74) is 3.89. The Hall–Kier alpha value is -4.51. The maximum atomic E-state index is 16.3. The van der Waals surface area contributed by atoms with Crippen molar-refractivity contribution in [2.75, 3.05) is 46.1 Å². The van der Waals surface area contributed by atoms with Crippen molar-refractivity contribution in [2.24, 2.45) is 7.05 Å². The SMILES string of the molecule is Cc1c2c(nn1C)C(CCN1CCOCC1)OC/C=C\Cn1c(C(=O)O)c(CCCOc3cccc4ccccc34)c3ccc(F)c-2c31.